The molecule has 0 aliphatic carbocycles. The van der Waals surface area contributed by atoms with E-state index in [1.54, 1.807) is 14.2 Å². The van der Waals surface area contributed by atoms with Crippen molar-refractivity contribution in [2.24, 2.45) is 0 Å². The maximum absolute atomic E-state index is 11.1. The van der Waals surface area contributed by atoms with Crippen LogP contribution in [-0.2, 0) is 14.3 Å². The highest BCUT2D eigenvalue weighted by Gasteiger charge is 2.08. The van der Waals surface area contributed by atoms with E-state index in [1.165, 1.54) is 4.90 Å². The fourth-order valence-corrected chi connectivity index (χ4v) is 0.880. The number of aliphatic carboxylic acids is 1. The molecule has 82 valence electrons. The largest absolute Gasteiger partial charge is 0.480 e. The molecule has 0 aromatic carbocycles. The van der Waals surface area contributed by atoms with Gasteiger partial charge in [0.15, 0.2) is 0 Å². The Balaban J connectivity index is 3.55. The van der Waals surface area contributed by atoms with E-state index in [4.69, 9.17) is 9.84 Å². The van der Waals surface area contributed by atoms with Crippen molar-refractivity contribution in [2.75, 3.05) is 40.4 Å². The summed E-state index contributed by atoms with van der Waals surface area (Å²) in [6.45, 7) is 0.832. The summed E-state index contributed by atoms with van der Waals surface area (Å²) in [4.78, 5) is 22.8. The molecule has 0 aliphatic rings. The fourth-order valence-electron chi connectivity index (χ4n) is 0.880. The highest BCUT2D eigenvalue weighted by Crippen LogP contribution is 1.81. The van der Waals surface area contributed by atoms with E-state index in [2.05, 4.69) is 5.32 Å². The Labute approximate surface area is 82.8 Å². The molecule has 0 heterocycles. The summed E-state index contributed by atoms with van der Waals surface area (Å²) in [5.41, 5.74) is 0. The van der Waals surface area contributed by atoms with Gasteiger partial charge in [0, 0.05) is 13.7 Å². The van der Waals surface area contributed by atoms with Crippen LogP contribution < -0.4 is 5.32 Å². The molecule has 0 bridgehead atoms. The van der Waals surface area contributed by atoms with Crippen molar-refractivity contribution in [1.82, 2.24) is 10.2 Å². The highest BCUT2D eigenvalue weighted by atomic mass is 16.5. The first-order chi connectivity index (χ1) is 6.56. The van der Waals surface area contributed by atoms with E-state index in [9.17, 15) is 9.59 Å². The number of carbonyl (C=O) groups is 2. The smallest absolute Gasteiger partial charge is 0.317 e. The SMILES string of the molecule is COCCNC(=O)CN(C)CC(=O)O. The number of ether oxygens (including phenoxy) is 1. The van der Waals surface area contributed by atoms with Crippen LogP contribution in [0, 0.1) is 0 Å². The summed E-state index contributed by atoms with van der Waals surface area (Å²) in [7, 11) is 3.12. The topological polar surface area (TPSA) is 78.9 Å². The molecular weight excluding hydrogens is 188 g/mol. The van der Waals surface area contributed by atoms with Gasteiger partial charge in [0.05, 0.1) is 19.7 Å². The lowest BCUT2D eigenvalue weighted by molar-refractivity contribution is -0.138. The van der Waals surface area contributed by atoms with Gasteiger partial charge in [-0.15, -0.1) is 0 Å². The minimum atomic E-state index is -0.947. The fraction of sp³-hybridized carbons (Fsp3) is 0.750. The van der Waals surface area contributed by atoms with Crippen molar-refractivity contribution >= 4 is 11.9 Å². The van der Waals surface area contributed by atoms with Crippen molar-refractivity contribution in [1.29, 1.82) is 0 Å². The third-order valence-electron chi connectivity index (χ3n) is 1.45. The second-order valence-corrected chi connectivity index (χ2v) is 2.91. The number of methoxy groups -OCH3 is 1. The molecule has 1 amide bonds. The van der Waals surface area contributed by atoms with Crippen molar-refractivity contribution < 1.29 is 19.4 Å². The van der Waals surface area contributed by atoms with E-state index in [-0.39, 0.29) is 19.0 Å². The third-order valence-corrected chi connectivity index (χ3v) is 1.45. The van der Waals surface area contributed by atoms with Gasteiger partial charge >= 0.3 is 5.97 Å². The average Bonchev–Trinajstić information content (AvgIpc) is 2.02. The molecule has 0 atom stereocenters. The van der Waals surface area contributed by atoms with Crippen LogP contribution >= 0.6 is 0 Å². The molecule has 0 saturated carbocycles. The molecule has 0 rings (SSSR count). The number of hydrogen-bond donors (Lipinski definition) is 2. The minimum absolute atomic E-state index is 0.0794. The summed E-state index contributed by atoms with van der Waals surface area (Å²) in [6, 6.07) is 0. The second kappa shape index (κ2) is 7.28. The number of carbonyl (C=O) groups excluding carboxylic acids is 1. The highest BCUT2D eigenvalue weighted by molar-refractivity contribution is 5.78. The first-order valence-corrected chi connectivity index (χ1v) is 4.22. The van der Waals surface area contributed by atoms with Gasteiger partial charge < -0.3 is 15.2 Å². The molecule has 0 fully saturated rings. The molecule has 0 aliphatic heterocycles. The Morgan fingerprint density at radius 2 is 2.07 bits per heavy atom. The number of carboxylic acids is 1. The minimum Gasteiger partial charge on any atom is -0.480 e. The second-order valence-electron chi connectivity index (χ2n) is 2.91. The summed E-state index contributed by atoms with van der Waals surface area (Å²) in [5, 5.41) is 11.0. The molecule has 0 saturated heterocycles. The van der Waals surface area contributed by atoms with Crippen molar-refractivity contribution in [2.45, 2.75) is 0 Å². The maximum Gasteiger partial charge on any atom is 0.317 e. The number of likely N-dealkylation sites (N-methyl/N-ethyl adjacent to an activating group) is 1. The van der Waals surface area contributed by atoms with Crippen LogP contribution in [0.2, 0.25) is 0 Å². The monoisotopic (exact) mass is 204 g/mol. The Hall–Kier alpha value is -1.14. The van der Waals surface area contributed by atoms with Gasteiger partial charge in [-0.05, 0) is 7.05 Å². The number of nitrogens with zero attached hydrogens (tertiary/aromatic N) is 1. The van der Waals surface area contributed by atoms with Gasteiger partial charge in [0.1, 0.15) is 0 Å². The van der Waals surface area contributed by atoms with Crippen LogP contribution in [0.15, 0.2) is 0 Å². The predicted octanol–water partition coefficient (Wildman–Crippen LogP) is -1.23. The van der Waals surface area contributed by atoms with Crippen molar-refractivity contribution in [3.63, 3.8) is 0 Å². The molecule has 6 heteroatoms. The average molecular weight is 204 g/mol. The standard InChI is InChI=1S/C8H16N2O4/c1-10(6-8(12)13)5-7(11)9-3-4-14-2/h3-6H2,1-2H3,(H,9,11)(H,12,13). The quantitative estimate of drug-likeness (QED) is 0.507. The van der Waals surface area contributed by atoms with Gasteiger partial charge in [-0.3, -0.25) is 14.5 Å². The Morgan fingerprint density at radius 3 is 2.57 bits per heavy atom. The predicted molar refractivity (Wildman–Crippen MR) is 50.0 cm³/mol. The number of nitrogens with one attached hydrogen (secondary N) is 1. The van der Waals surface area contributed by atoms with Crippen molar-refractivity contribution in [3.05, 3.63) is 0 Å². The van der Waals surface area contributed by atoms with Crippen LogP contribution in [0.5, 0.6) is 0 Å². The van der Waals surface area contributed by atoms with Gasteiger partial charge in [0.2, 0.25) is 5.91 Å². The van der Waals surface area contributed by atoms with Gasteiger partial charge in [-0.1, -0.05) is 0 Å². The zero-order valence-corrected chi connectivity index (χ0v) is 8.45. The van der Waals surface area contributed by atoms with Gasteiger partial charge in [-0.2, -0.15) is 0 Å². The Bertz CT molecular complexity index is 196. The Morgan fingerprint density at radius 1 is 1.43 bits per heavy atom. The molecule has 0 spiro atoms. The molecule has 6 nitrogen and oxygen atoms in total. The summed E-state index contributed by atoms with van der Waals surface area (Å²) < 4.78 is 4.74. The van der Waals surface area contributed by atoms with E-state index in [0.29, 0.717) is 13.2 Å². The molecule has 2 N–H and O–H groups in total. The van der Waals surface area contributed by atoms with Gasteiger partial charge in [0.25, 0.3) is 0 Å². The zero-order chi connectivity index (χ0) is 11.0. The third kappa shape index (κ3) is 7.51. The van der Waals surface area contributed by atoms with Crippen LogP contribution in [0.1, 0.15) is 0 Å². The van der Waals surface area contributed by atoms with E-state index in [1.807, 2.05) is 0 Å². The molecule has 0 aromatic heterocycles. The van der Waals surface area contributed by atoms with E-state index >= 15 is 0 Å². The summed E-state index contributed by atoms with van der Waals surface area (Å²) >= 11 is 0. The summed E-state index contributed by atoms with van der Waals surface area (Å²) in [6.07, 6.45) is 0. The number of carboxylic acid groups (broad SMARTS) is 1. The molecule has 14 heavy (non-hydrogen) atoms. The number of rotatable bonds is 7. The molecule has 0 aromatic rings. The number of hydrogen-bond acceptors (Lipinski definition) is 4. The summed E-state index contributed by atoms with van der Waals surface area (Å²) in [5.74, 6) is -1.15. The molecular formula is C8H16N2O4. The zero-order valence-electron chi connectivity index (χ0n) is 8.45. The lowest BCUT2D eigenvalue weighted by atomic mass is 10.4. The van der Waals surface area contributed by atoms with Crippen LogP contribution in [-0.4, -0.2) is 62.3 Å². The normalized spacial score (nSPS) is 10.2. The first kappa shape index (κ1) is 12.9. The first-order valence-electron chi connectivity index (χ1n) is 4.22. The Kier molecular flexibility index (Phi) is 6.69. The van der Waals surface area contributed by atoms with Crippen LogP contribution in [0.3, 0.4) is 0 Å². The van der Waals surface area contributed by atoms with Crippen LogP contribution in [0.4, 0.5) is 0 Å². The lowest BCUT2D eigenvalue weighted by Crippen LogP contribution is -2.38. The van der Waals surface area contributed by atoms with Crippen LogP contribution in [0.25, 0.3) is 0 Å². The molecule has 0 radical (unpaired) electrons. The maximum atomic E-state index is 11.1. The van der Waals surface area contributed by atoms with Crippen molar-refractivity contribution in [3.8, 4) is 0 Å². The van der Waals surface area contributed by atoms with Gasteiger partial charge in [-0.25, -0.2) is 0 Å². The van der Waals surface area contributed by atoms with E-state index in [0.717, 1.165) is 0 Å². The number of amides is 1. The van der Waals surface area contributed by atoms with E-state index < -0.39 is 5.97 Å². The molecule has 0 unspecified atom stereocenters. The lowest BCUT2D eigenvalue weighted by Gasteiger charge is -2.13.